The highest BCUT2D eigenvalue weighted by atomic mass is 32.1. The molecule has 0 aliphatic carbocycles. The Morgan fingerprint density at radius 1 is 0.370 bits per heavy atom. The van der Waals surface area contributed by atoms with E-state index in [0.717, 1.165) is 100 Å². The van der Waals surface area contributed by atoms with Gasteiger partial charge in [0.05, 0.1) is 15.9 Å². The maximum absolute atomic E-state index is 5.03. The van der Waals surface area contributed by atoms with Crippen LogP contribution in [0.5, 0.6) is 0 Å². The number of anilines is 6. The number of thiazole rings is 1. The minimum atomic E-state index is 0.976. The van der Waals surface area contributed by atoms with E-state index in [9.17, 15) is 0 Å². The lowest BCUT2D eigenvalue weighted by atomic mass is 9.99. The van der Waals surface area contributed by atoms with Crippen LogP contribution in [-0.2, 0) is 0 Å². The van der Waals surface area contributed by atoms with Gasteiger partial charge in [-0.15, -0.1) is 11.3 Å². The van der Waals surface area contributed by atoms with Gasteiger partial charge < -0.3 is 9.80 Å². The van der Waals surface area contributed by atoms with Crippen molar-refractivity contribution < 1.29 is 0 Å². The first-order valence-corrected chi connectivity index (χ1v) is 25.5. The van der Waals surface area contributed by atoms with Gasteiger partial charge >= 0.3 is 0 Å². The number of hydrogen-bond acceptors (Lipinski definition) is 5. The largest absolute Gasteiger partial charge is 0.310 e. The molecule has 73 heavy (non-hydrogen) atoms. The van der Waals surface area contributed by atoms with Crippen molar-refractivity contribution in [2.75, 3.05) is 9.80 Å². The highest BCUT2D eigenvalue weighted by Crippen LogP contribution is 2.42. The molecule has 0 amide bonds. The van der Waals surface area contributed by atoms with Crippen molar-refractivity contribution in [1.82, 2.24) is 4.98 Å². The molecule has 0 radical (unpaired) electrons. The molecule has 12 rings (SSSR count). The second-order valence-corrected chi connectivity index (χ2v) is 19.4. The van der Waals surface area contributed by atoms with E-state index < -0.39 is 0 Å². The second kappa shape index (κ2) is 19.9. The van der Waals surface area contributed by atoms with E-state index in [1.54, 1.807) is 11.3 Å². The van der Waals surface area contributed by atoms with Gasteiger partial charge in [0.15, 0.2) is 0 Å². The molecule has 0 fully saturated rings. The summed E-state index contributed by atoms with van der Waals surface area (Å²) in [5.74, 6) is 0. The van der Waals surface area contributed by atoms with Gasteiger partial charge in [-0.2, -0.15) is 0 Å². The summed E-state index contributed by atoms with van der Waals surface area (Å²) in [5, 5.41) is 3.33. The smallest absolute Gasteiger partial charge is 0.124 e. The van der Waals surface area contributed by atoms with Crippen molar-refractivity contribution in [2.45, 2.75) is 13.8 Å². The zero-order chi connectivity index (χ0) is 49.1. The van der Waals surface area contributed by atoms with Crippen LogP contribution in [0.2, 0.25) is 0 Å². The molecule has 0 unspecified atom stereocenters. The van der Waals surface area contributed by atoms with Crippen LogP contribution < -0.4 is 9.80 Å². The van der Waals surface area contributed by atoms with Crippen molar-refractivity contribution in [3.63, 3.8) is 0 Å². The number of fused-ring (bicyclic) bond motifs is 2. The number of rotatable bonds is 12. The molecule has 12 aromatic rings. The standard InChI is InChI=1S/C68H50N4S/c1-47-17-9-10-30-65(47)69-48(2)49-35-38-59(39-36-49)71(60-26-13-22-52(42-60)50-18-5-3-6-19-50)61-27-15-24-54(44-61)55-33-34-57-45-64(40-37-56(57)41-55)72(62-28-14-23-53(43-62)51-20-7-4-8-21-51)63-29-16-25-58(46-63)68-70-66-31-11-12-32-67(66)73-68/h3-46H,1-2H3/b69-48+. The molecule has 5 heteroatoms. The van der Waals surface area contributed by atoms with Crippen LogP contribution in [-0.4, -0.2) is 10.7 Å². The Balaban J connectivity index is 0.910. The predicted octanol–water partition coefficient (Wildman–Crippen LogP) is 19.5. The fraction of sp³-hybridized carbons (Fsp3) is 0.0294. The first kappa shape index (κ1) is 45.0. The van der Waals surface area contributed by atoms with E-state index in [1.165, 1.54) is 21.2 Å². The second-order valence-electron chi connectivity index (χ2n) is 18.4. The van der Waals surface area contributed by atoms with Gasteiger partial charge in [-0.05, 0) is 166 Å². The van der Waals surface area contributed by atoms with Gasteiger partial charge in [-0.1, -0.05) is 170 Å². The molecule has 348 valence electrons. The Morgan fingerprint density at radius 2 is 0.822 bits per heavy atom. The SMILES string of the molecule is C/C(=N\c1ccccc1C)c1ccc(N(c2cccc(-c3ccccc3)c2)c2cccc(-c3ccc4cc(N(c5cccc(-c6ccccc6)c5)c5cccc(-c6nc7ccccc7s6)c5)ccc4c3)c2)cc1. The van der Waals surface area contributed by atoms with Crippen LogP contribution in [0.25, 0.3) is 64.9 Å². The molecule has 0 aliphatic heterocycles. The Kier molecular flexibility index (Phi) is 12.3. The molecular weight excluding hydrogens is 905 g/mol. The van der Waals surface area contributed by atoms with E-state index >= 15 is 0 Å². The van der Waals surface area contributed by atoms with Crippen molar-refractivity contribution in [1.29, 1.82) is 0 Å². The van der Waals surface area contributed by atoms with Crippen LogP contribution in [0, 0.1) is 6.92 Å². The van der Waals surface area contributed by atoms with E-state index in [2.05, 4.69) is 285 Å². The number of aromatic nitrogens is 1. The number of benzene rings is 11. The van der Waals surface area contributed by atoms with Crippen molar-refractivity contribution in [3.8, 4) is 44.0 Å². The third-order valence-electron chi connectivity index (χ3n) is 13.5. The fourth-order valence-corrected chi connectivity index (χ4v) is 10.7. The zero-order valence-corrected chi connectivity index (χ0v) is 41.4. The summed E-state index contributed by atoms with van der Waals surface area (Å²) in [6, 6.07) is 95.6. The summed E-state index contributed by atoms with van der Waals surface area (Å²) in [4.78, 5) is 14.8. The number of aryl methyl sites for hydroxylation is 1. The van der Waals surface area contributed by atoms with Gasteiger partial charge in [-0.3, -0.25) is 4.99 Å². The molecule has 0 saturated heterocycles. The molecule has 0 bridgehead atoms. The van der Waals surface area contributed by atoms with E-state index in [-0.39, 0.29) is 0 Å². The van der Waals surface area contributed by atoms with Crippen molar-refractivity contribution >= 4 is 77.8 Å². The fourth-order valence-electron chi connectivity index (χ4n) is 9.74. The van der Waals surface area contributed by atoms with Gasteiger partial charge in [0.2, 0.25) is 0 Å². The van der Waals surface area contributed by atoms with Crippen LogP contribution in [0.1, 0.15) is 18.1 Å². The molecule has 0 saturated carbocycles. The molecular formula is C68H50N4S. The average Bonchev–Trinajstić information content (AvgIpc) is 3.90. The molecule has 11 aromatic carbocycles. The molecule has 1 aromatic heterocycles. The normalized spacial score (nSPS) is 11.5. The minimum Gasteiger partial charge on any atom is -0.310 e. The zero-order valence-electron chi connectivity index (χ0n) is 40.6. The summed E-state index contributed by atoms with van der Waals surface area (Å²) in [6.07, 6.45) is 0. The average molecular weight is 955 g/mol. The van der Waals surface area contributed by atoms with E-state index in [4.69, 9.17) is 9.98 Å². The molecule has 0 spiro atoms. The summed E-state index contributed by atoms with van der Waals surface area (Å²) < 4.78 is 1.18. The van der Waals surface area contributed by atoms with Crippen LogP contribution in [0.15, 0.2) is 272 Å². The topological polar surface area (TPSA) is 31.7 Å². The summed E-state index contributed by atoms with van der Waals surface area (Å²) in [7, 11) is 0. The van der Waals surface area contributed by atoms with Crippen LogP contribution in [0.3, 0.4) is 0 Å². The molecule has 4 nitrogen and oxygen atoms in total. The van der Waals surface area contributed by atoms with Crippen molar-refractivity contribution in [3.05, 3.63) is 278 Å². The molecule has 0 atom stereocenters. The Hall–Kier alpha value is -9.16. The van der Waals surface area contributed by atoms with Crippen molar-refractivity contribution in [2.24, 2.45) is 4.99 Å². The maximum Gasteiger partial charge on any atom is 0.124 e. The Labute approximate surface area is 431 Å². The van der Waals surface area contributed by atoms with Gasteiger partial charge in [0.1, 0.15) is 5.01 Å². The first-order chi connectivity index (χ1) is 36.0. The monoisotopic (exact) mass is 954 g/mol. The lowest BCUT2D eigenvalue weighted by Crippen LogP contribution is -2.10. The lowest BCUT2D eigenvalue weighted by Gasteiger charge is -2.27. The highest BCUT2D eigenvalue weighted by molar-refractivity contribution is 7.21. The minimum absolute atomic E-state index is 0.976. The Morgan fingerprint density at radius 3 is 1.44 bits per heavy atom. The number of hydrogen-bond donors (Lipinski definition) is 0. The molecule has 0 aliphatic rings. The van der Waals surface area contributed by atoms with Gasteiger partial charge in [0, 0.05) is 45.4 Å². The summed E-state index contributed by atoms with van der Waals surface area (Å²) in [6.45, 7) is 4.19. The first-order valence-electron chi connectivity index (χ1n) is 24.7. The van der Waals surface area contributed by atoms with E-state index in [0.29, 0.717) is 0 Å². The third kappa shape index (κ3) is 9.46. The van der Waals surface area contributed by atoms with Crippen LogP contribution >= 0.6 is 11.3 Å². The number of nitrogens with zero attached hydrogens (tertiary/aromatic N) is 4. The van der Waals surface area contributed by atoms with Gasteiger partial charge in [0.25, 0.3) is 0 Å². The molecule has 0 N–H and O–H groups in total. The predicted molar refractivity (Wildman–Crippen MR) is 311 cm³/mol. The van der Waals surface area contributed by atoms with E-state index in [1.807, 2.05) is 6.07 Å². The van der Waals surface area contributed by atoms with Gasteiger partial charge in [-0.25, -0.2) is 4.98 Å². The highest BCUT2D eigenvalue weighted by Gasteiger charge is 2.19. The lowest BCUT2D eigenvalue weighted by molar-refractivity contribution is 1.28. The summed E-state index contributed by atoms with van der Waals surface area (Å²) in [5.41, 5.74) is 19.7. The molecule has 1 heterocycles. The number of para-hydroxylation sites is 2. The quantitative estimate of drug-likeness (QED) is 0.114. The van der Waals surface area contributed by atoms with Crippen LogP contribution in [0.4, 0.5) is 39.8 Å². The number of aliphatic imine (C=N–C) groups is 1. The Bertz CT molecular complexity index is 3920. The maximum atomic E-state index is 5.03. The summed E-state index contributed by atoms with van der Waals surface area (Å²) >= 11 is 1.73. The third-order valence-corrected chi connectivity index (χ3v) is 14.6.